The summed E-state index contributed by atoms with van der Waals surface area (Å²) in [5.41, 5.74) is 0.438. The van der Waals surface area contributed by atoms with Crippen molar-refractivity contribution in [3.63, 3.8) is 0 Å². The van der Waals surface area contributed by atoms with Crippen LogP contribution in [0.3, 0.4) is 0 Å². The average Bonchev–Trinajstić information content (AvgIpc) is 2.41. The molecule has 0 spiro atoms. The second-order valence-electron chi connectivity index (χ2n) is 4.56. The molecule has 1 rings (SSSR count). The molecule has 0 bridgehead atoms. The van der Waals surface area contributed by atoms with Gasteiger partial charge in [-0.25, -0.2) is 0 Å². The minimum atomic E-state index is -0.176. The van der Waals surface area contributed by atoms with E-state index in [-0.39, 0.29) is 5.97 Å². The Morgan fingerprint density at radius 1 is 1.62 bits per heavy atom. The van der Waals surface area contributed by atoms with Gasteiger partial charge in [0, 0.05) is 6.04 Å². The fourth-order valence-corrected chi connectivity index (χ4v) is 1.91. The van der Waals surface area contributed by atoms with E-state index in [9.17, 15) is 4.79 Å². The lowest BCUT2D eigenvalue weighted by molar-refractivity contribution is -0.139. The third-order valence-corrected chi connectivity index (χ3v) is 2.73. The van der Waals surface area contributed by atoms with Gasteiger partial charge in [0.1, 0.15) is 0 Å². The Kier molecular flexibility index (Phi) is 3.31. The van der Waals surface area contributed by atoms with Crippen molar-refractivity contribution in [2.24, 2.45) is 5.41 Å². The molecular weight excluding hydrogens is 166 g/mol. The molecule has 0 radical (unpaired) electrons. The van der Waals surface area contributed by atoms with E-state index < -0.39 is 0 Å². The van der Waals surface area contributed by atoms with Crippen molar-refractivity contribution >= 4 is 5.97 Å². The van der Waals surface area contributed by atoms with Crippen LogP contribution in [0.25, 0.3) is 0 Å². The molecule has 76 valence electrons. The zero-order chi connectivity index (χ0) is 9.90. The normalized spacial score (nSPS) is 25.9. The van der Waals surface area contributed by atoms with Crippen LogP contribution in [0, 0.1) is 5.41 Å². The molecule has 1 atom stereocenters. The van der Waals surface area contributed by atoms with Crippen LogP contribution in [0.1, 0.15) is 33.1 Å². The number of carbonyl (C=O) groups is 1. The van der Waals surface area contributed by atoms with E-state index >= 15 is 0 Å². The van der Waals surface area contributed by atoms with E-state index in [0.29, 0.717) is 18.0 Å². The number of esters is 1. The van der Waals surface area contributed by atoms with Crippen LogP contribution >= 0.6 is 0 Å². The Hall–Kier alpha value is -0.570. The molecule has 3 heteroatoms. The van der Waals surface area contributed by atoms with E-state index in [2.05, 4.69) is 23.9 Å². The van der Waals surface area contributed by atoms with Gasteiger partial charge in [0.05, 0.1) is 13.7 Å². The SMILES string of the molecule is COC(=O)CNC1CCC(C)(C)C1. The Balaban J connectivity index is 2.21. The Bertz CT molecular complexity index is 189. The summed E-state index contributed by atoms with van der Waals surface area (Å²) in [4.78, 5) is 10.8. The number of rotatable bonds is 3. The summed E-state index contributed by atoms with van der Waals surface area (Å²) < 4.78 is 4.56. The van der Waals surface area contributed by atoms with Gasteiger partial charge in [-0.05, 0) is 24.7 Å². The molecule has 1 aliphatic rings. The summed E-state index contributed by atoms with van der Waals surface area (Å²) in [5.74, 6) is -0.176. The molecule has 1 fully saturated rings. The van der Waals surface area contributed by atoms with Crippen molar-refractivity contribution < 1.29 is 9.53 Å². The molecule has 13 heavy (non-hydrogen) atoms. The van der Waals surface area contributed by atoms with Gasteiger partial charge in [-0.3, -0.25) is 4.79 Å². The van der Waals surface area contributed by atoms with Crippen LogP contribution in [-0.2, 0) is 9.53 Å². The molecule has 0 heterocycles. The van der Waals surface area contributed by atoms with Gasteiger partial charge in [-0.1, -0.05) is 13.8 Å². The summed E-state index contributed by atoms with van der Waals surface area (Å²) in [5, 5.41) is 3.21. The molecule has 0 aromatic rings. The van der Waals surface area contributed by atoms with E-state index in [1.54, 1.807) is 0 Å². The first kappa shape index (κ1) is 10.5. The third-order valence-electron chi connectivity index (χ3n) is 2.73. The Morgan fingerprint density at radius 2 is 2.31 bits per heavy atom. The minimum absolute atomic E-state index is 0.176. The average molecular weight is 185 g/mol. The van der Waals surface area contributed by atoms with Crippen LogP contribution < -0.4 is 5.32 Å². The van der Waals surface area contributed by atoms with Gasteiger partial charge in [-0.2, -0.15) is 0 Å². The van der Waals surface area contributed by atoms with Gasteiger partial charge in [0.2, 0.25) is 0 Å². The molecule has 0 aromatic carbocycles. The summed E-state index contributed by atoms with van der Waals surface area (Å²) >= 11 is 0. The maximum Gasteiger partial charge on any atom is 0.319 e. The summed E-state index contributed by atoms with van der Waals surface area (Å²) in [6.07, 6.45) is 3.57. The standard InChI is InChI=1S/C10H19NO2/c1-10(2)5-4-8(6-10)11-7-9(12)13-3/h8,11H,4-7H2,1-3H3. The second kappa shape index (κ2) is 4.09. The van der Waals surface area contributed by atoms with Crippen molar-refractivity contribution in [2.75, 3.05) is 13.7 Å². The number of ether oxygens (including phenoxy) is 1. The molecule has 0 aromatic heterocycles. The molecule has 0 aliphatic heterocycles. The highest BCUT2D eigenvalue weighted by Crippen LogP contribution is 2.36. The third kappa shape index (κ3) is 3.35. The predicted molar refractivity (Wildman–Crippen MR) is 51.4 cm³/mol. The summed E-state index contributed by atoms with van der Waals surface area (Å²) in [6.45, 7) is 4.89. The van der Waals surface area contributed by atoms with Crippen molar-refractivity contribution in [2.45, 2.75) is 39.2 Å². The molecular formula is C10H19NO2. The zero-order valence-corrected chi connectivity index (χ0v) is 8.72. The van der Waals surface area contributed by atoms with Crippen LogP contribution in [-0.4, -0.2) is 25.7 Å². The van der Waals surface area contributed by atoms with Crippen LogP contribution in [0.2, 0.25) is 0 Å². The largest absolute Gasteiger partial charge is 0.468 e. The van der Waals surface area contributed by atoms with Gasteiger partial charge in [0.25, 0.3) is 0 Å². The molecule has 1 unspecified atom stereocenters. The predicted octanol–water partition coefficient (Wildman–Crippen LogP) is 1.33. The molecule has 0 saturated heterocycles. The molecule has 1 N–H and O–H groups in total. The highest BCUT2D eigenvalue weighted by atomic mass is 16.5. The van der Waals surface area contributed by atoms with E-state index in [1.165, 1.54) is 20.0 Å². The van der Waals surface area contributed by atoms with Crippen molar-refractivity contribution in [1.82, 2.24) is 5.32 Å². The monoisotopic (exact) mass is 185 g/mol. The van der Waals surface area contributed by atoms with Crippen LogP contribution in [0.5, 0.6) is 0 Å². The second-order valence-corrected chi connectivity index (χ2v) is 4.56. The van der Waals surface area contributed by atoms with Crippen molar-refractivity contribution in [3.05, 3.63) is 0 Å². The number of hydrogen-bond acceptors (Lipinski definition) is 3. The summed E-state index contributed by atoms with van der Waals surface area (Å²) in [6, 6.07) is 0.495. The Morgan fingerprint density at radius 3 is 2.77 bits per heavy atom. The highest BCUT2D eigenvalue weighted by molar-refractivity contribution is 5.71. The maximum atomic E-state index is 10.8. The highest BCUT2D eigenvalue weighted by Gasteiger charge is 2.30. The zero-order valence-electron chi connectivity index (χ0n) is 8.72. The maximum absolute atomic E-state index is 10.8. The van der Waals surface area contributed by atoms with E-state index in [0.717, 1.165) is 6.42 Å². The quantitative estimate of drug-likeness (QED) is 0.674. The smallest absolute Gasteiger partial charge is 0.319 e. The lowest BCUT2D eigenvalue weighted by Crippen LogP contribution is -2.32. The fourth-order valence-electron chi connectivity index (χ4n) is 1.91. The van der Waals surface area contributed by atoms with Crippen LogP contribution in [0.15, 0.2) is 0 Å². The topological polar surface area (TPSA) is 38.3 Å². The first-order valence-electron chi connectivity index (χ1n) is 4.84. The first-order valence-corrected chi connectivity index (χ1v) is 4.84. The summed E-state index contributed by atoms with van der Waals surface area (Å²) in [7, 11) is 1.42. The lowest BCUT2D eigenvalue weighted by atomic mass is 9.92. The van der Waals surface area contributed by atoms with Crippen LogP contribution in [0.4, 0.5) is 0 Å². The van der Waals surface area contributed by atoms with Crippen molar-refractivity contribution in [1.29, 1.82) is 0 Å². The number of nitrogens with one attached hydrogen (secondary N) is 1. The number of carbonyl (C=O) groups excluding carboxylic acids is 1. The van der Waals surface area contributed by atoms with E-state index in [4.69, 9.17) is 0 Å². The fraction of sp³-hybridized carbons (Fsp3) is 0.900. The first-order chi connectivity index (χ1) is 6.03. The molecule has 3 nitrogen and oxygen atoms in total. The minimum Gasteiger partial charge on any atom is -0.468 e. The molecule has 1 saturated carbocycles. The number of hydrogen-bond donors (Lipinski definition) is 1. The van der Waals surface area contributed by atoms with Gasteiger partial charge < -0.3 is 10.1 Å². The molecule has 0 amide bonds. The van der Waals surface area contributed by atoms with Crippen molar-refractivity contribution in [3.8, 4) is 0 Å². The van der Waals surface area contributed by atoms with Gasteiger partial charge >= 0.3 is 5.97 Å². The number of methoxy groups -OCH3 is 1. The van der Waals surface area contributed by atoms with Gasteiger partial charge in [-0.15, -0.1) is 0 Å². The van der Waals surface area contributed by atoms with E-state index in [1.807, 2.05) is 0 Å². The van der Waals surface area contributed by atoms with Gasteiger partial charge in [0.15, 0.2) is 0 Å². The Labute approximate surface area is 79.8 Å². The molecule has 1 aliphatic carbocycles. The lowest BCUT2D eigenvalue weighted by Gasteiger charge is -2.17.